The van der Waals surface area contributed by atoms with E-state index in [0.29, 0.717) is 18.3 Å². The summed E-state index contributed by atoms with van der Waals surface area (Å²) in [5, 5.41) is 20.2. The molecule has 1 aliphatic rings. The Labute approximate surface area is 105 Å². The van der Waals surface area contributed by atoms with Crippen LogP contribution < -0.4 is 4.90 Å². The summed E-state index contributed by atoms with van der Waals surface area (Å²) in [5.41, 5.74) is 0.578. The molecule has 1 saturated carbocycles. The van der Waals surface area contributed by atoms with Gasteiger partial charge in [-0.25, -0.2) is 0 Å². The summed E-state index contributed by atoms with van der Waals surface area (Å²) in [4.78, 5) is 16.4. The van der Waals surface area contributed by atoms with Crippen LogP contribution in [-0.4, -0.2) is 34.2 Å². The van der Waals surface area contributed by atoms with Gasteiger partial charge in [0.1, 0.15) is 11.9 Å². The molecule has 0 aliphatic heterocycles. The van der Waals surface area contributed by atoms with Crippen molar-refractivity contribution < 1.29 is 10.0 Å². The first kappa shape index (κ1) is 12.8. The highest BCUT2D eigenvalue weighted by atomic mass is 16.6. The topological polar surface area (TPSA) is 79.5 Å². The molecule has 0 spiro atoms. The fraction of sp³-hybridized carbons (Fsp3) is 0.583. The van der Waals surface area contributed by atoms with E-state index in [1.807, 2.05) is 4.90 Å². The second-order valence-corrected chi connectivity index (χ2v) is 4.48. The number of aliphatic hydroxyl groups excluding tert-OH is 1. The van der Waals surface area contributed by atoms with Crippen molar-refractivity contribution in [1.82, 2.24) is 4.98 Å². The highest BCUT2D eigenvalue weighted by molar-refractivity contribution is 5.62. The van der Waals surface area contributed by atoms with Gasteiger partial charge in [-0.3, -0.25) is 15.1 Å². The Morgan fingerprint density at radius 2 is 2.22 bits per heavy atom. The first-order valence-electron chi connectivity index (χ1n) is 6.20. The van der Waals surface area contributed by atoms with Crippen LogP contribution in [0, 0.1) is 10.1 Å². The number of hydrogen-bond donors (Lipinski definition) is 1. The van der Waals surface area contributed by atoms with E-state index in [-0.39, 0.29) is 12.3 Å². The summed E-state index contributed by atoms with van der Waals surface area (Å²) in [6.07, 6.45) is 7.17. The van der Waals surface area contributed by atoms with Crippen molar-refractivity contribution >= 4 is 11.4 Å². The molecule has 0 bridgehead atoms. The number of hydrogen-bond acceptors (Lipinski definition) is 5. The van der Waals surface area contributed by atoms with Crippen LogP contribution in [0.15, 0.2) is 18.5 Å². The minimum atomic E-state index is -0.415. The summed E-state index contributed by atoms with van der Waals surface area (Å²) in [6.45, 7) is 0.422. The van der Waals surface area contributed by atoms with Gasteiger partial charge in [0.05, 0.1) is 11.5 Å². The molecule has 1 aromatic rings. The smallest absolute Gasteiger partial charge is 0.310 e. The van der Waals surface area contributed by atoms with Crippen LogP contribution in [-0.2, 0) is 0 Å². The average Bonchev–Trinajstić information content (AvgIpc) is 2.89. The minimum absolute atomic E-state index is 0.00399. The molecule has 0 aromatic carbocycles. The zero-order valence-electron chi connectivity index (χ0n) is 10.2. The molecule has 18 heavy (non-hydrogen) atoms. The quantitative estimate of drug-likeness (QED) is 0.636. The summed E-state index contributed by atoms with van der Waals surface area (Å²) < 4.78 is 0. The summed E-state index contributed by atoms with van der Waals surface area (Å²) in [7, 11) is 0. The molecule has 6 heteroatoms. The number of pyridine rings is 1. The molecule has 1 heterocycles. The maximum Gasteiger partial charge on any atom is 0.310 e. The van der Waals surface area contributed by atoms with Crippen molar-refractivity contribution in [3.05, 3.63) is 28.6 Å². The number of nitro groups is 1. The van der Waals surface area contributed by atoms with E-state index in [9.17, 15) is 10.1 Å². The van der Waals surface area contributed by atoms with Crippen molar-refractivity contribution in [1.29, 1.82) is 0 Å². The standard InChI is InChI=1S/C12H17N3O3/c16-8-7-14(10-3-1-2-4-10)11-5-6-13-9-12(11)15(17)18/h5-6,9-10,16H,1-4,7-8H2. The highest BCUT2D eigenvalue weighted by Gasteiger charge is 2.27. The molecule has 0 radical (unpaired) electrons. The Morgan fingerprint density at radius 1 is 1.50 bits per heavy atom. The number of aromatic nitrogens is 1. The largest absolute Gasteiger partial charge is 0.395 e. The molecule has 0 atom stereocenters. The molecule has 2 rings (SSSR count). The number of nitrogens with zero attached hydrogens (tertiary/aromatic N) is 3. The molecule has 0 unspecified atom stereocenters. The first-order valence-corrected chi connectivity index (χ1v) is 6.20. The van der Waals surface area contributed by atoms with Crippen LogP contribution in [0.4, 0.5) is 11.4 Å². The Morgan fingerprint density at radius 3 is 2.83 bits per heavy atom. The van der Waals surface area contributed by atoms with E-state index >= 15 is 0 Å². The van der Waals surface area contributed by atoms with Gasteiger partial charge in [-0.15, -0.1) is 0 Å². The van der Waals surface area contributed by atoms with Crippen LogP contribution in [0.5, 0.6) is 0 Å². The van der Waals surface area contributed by atoms with Crippen LogP contribution in [0.3, 0.4) is 0 Å². The summed E-state index contributed by atoms with van der Waals surface area (Å²) in [6, 6.07) is 1.95. The van der Waals surface area contributed by atoms with E-state index in [4.69, 9.17) is 5.11 Å². The Kier molecular flexibility index (Phi) is 4.09. The number of aliphatic hydroxyl groups is 1. The summed E-state index contributed by atoms with van der Waals surface area (Å²) in [5.74, 6) is 0. The molecule has 6 nitrogen and oxygen atoms in total. The Hall–Kier alpha value is -1.69. The molecule has 0 saturated heterocycles. The van der Waals surface area contributed by atoms with Crippen molar-refractivity contribution in [3.63, 3.8) is 0 Å². The van der Waals surface area contributed by atoms with Crippen molar-refractivity contribution in [2.45, 2.75) is 31.7 Å². The zero-order valence-corrected chi connectivity index (χ0v) is 10.2. The monoisotopic (exact) mass is 251 g/mol. The maximum atomic E-state index is 11.0. The van der Waals surface area contributed by atoms with Gasteiger partial charge in [0.25, 0.3) is 0 Å². The molecule has 0 amide bonds. The molecule has 98 valence electrons. The van der Waals surface area contributed by atoms with Gasteiger partial charge in [-0.1, -0.05) is 12.8 Å². The number of anilines is 1. The van der Waals surface area contributed by atoms with Gasteiger partial charge in [0.2, 0.25) is 0 Å². The second-order valence-electron chi connectivity index (χ2n) is 4.48. The lowest BCUT2D eigenvalue weighted by Gasteiger charge is -2.29. The molecular formula is C12H17N3O3. The lowest BCUT2D eigenvalue weighted by molar-refractivity contribution is -0.384. The predicted octanol–water partition coefficient (Wildman–Crippen LogP) is 1.73. The van der Waals surface area contributed by atoms with Gasteiger partial charge in [0, 0.05) is 18.8 Å². The third-order valence-electron chi connectivity index (χ3n) is 3.39. The molecular weight excluding hydrogens is 234 g/mol. The van der Waals surface area contributed by atoms with Crippen molar-refractivity contribution in [3.8, 4) is 0 Å². The normalized spacial score (nSPS) is 15.8. The number of rotatable bonds is 5. The Balaban J connectivity index is 2.32. The molecule has 1 N–H and O–H groups in total. The van der Waals surface area contributed by atoms with Crippen LogP contribution in [0.1, 0.15) is 25.7 Å². The van der Waals surface area contributed by atoms with Gasteiger partial charge in [-0.05, 0) is 18.9 Å². The fourth-order valence-electron chi connectivity index (χ4n) is 2.59. The lowest BCUT2D eigenvalue weighted by Crippen LogP contribution is -2.36. The third kappa shape index (κ3) is 2.59. The summed E-state index contributed by atoms with van der Waals surface area (Å²) >= 11 is 0. The van der Waals surface area contributed by atoms with E-state index in [1.165, 1.54) is 6.20 Å². The molecule has 1 fully saturated rings. The molecule has 1 aliphatic carbocycles. The maximum absolute atomic E-state index is 11.0. The average molecular weight is 251 g/mol. The second kappa shape index (κ2) is 5.77. The molecule has 1 aromatic heterocycles. The van der Waals surface area contributed by atoms with Crippen molar-refractivity contribution in [2.24, 2.45) is 0 Å². The highest BCUT2D eigenvalue weighted by Crippen LogP contribution is 2.33. The van der Waals surface area contributed by atoms with Crippen LogP contribution in [0.25, 0.3) is 0 Å². The fourth-order valence-corrected chi connectivity index (χ4v) is 2.59. The van der Waals surface area contributed by atoms with Gasteiger partial charge < -0.3 is 10.0 Å². The van der Waals surface area contributed by atoms with Crippen LogP contribution >= 0.6 is 0 Å². The van der Waals surface area contributed by atoms with Gasteiger partial charge >= 0.3 is 5.69 Å². The predicted molar refractivity (Wildman–Crippen MR) is 67.6 cm³/mol. The zero-order chi connectivity index (χ0) is 13.0. The van der Waals surface area contributed by atoms with Crippen molar-refractivity contribution in [2.75, 3.05) is 18.1 Å². The third-order valence-corrected chi connectivity index (χ3v) is 3.39. The minimum Gasteiger partial charge on any atom is -0.395 e. The SMILES string of the molecule is O=[N+]([O-])c1cnccc1N(CCO)C1CCCC1. The van der Waals surface area contributed by atoms with E-state index in [1.54, 1.807) is 12.3 Å². The van der Waals surface area contributed by atoms with Gasteiger partial charge in [0.15, 0.2) is 0 Å². The first-order chi connectivity index (χ1) is 8.74. The van der Waals surface area contributed by atoms with E-state index < -0.39 is 4.92 Å². The van der Waals surface area contributed by atoms with E-state index in [2.05, 4.69) is 4.98 Å². The Bertz CT molecular complexity index is 419. The lowest BCUT2D eigenvalue weighted by atomic mass is 10.1. The van der Waals surface area contributed by atoms with Gasteiger partial charge in [-0.2, -0.15) is 0 Å². The van der Waals surface area contributed by atoms with E-state index in [0.717, 1.165) is 25.7 Å². The van der Waals surface area contributed by atoms with Crippen LogP contribution in [0.2, 0.25) is 0 Å².